The molecule has 2 amide bonds. The maximum atomic E-state index is 14.0. The second-order valence-corrected chi connectivity index (χ2v) is 9.51. The lowest BCUT2D eigenvalue weighted by Gasteiger charge is -2.32. The Hall–Kier alpha value is -4.34. The molecule has 10 nitrogen and oxygen atoms in total. The number of rotatable bonds is 9. The first-order valence-corrected chi connectivity index (χ1v) is 13.0. The molecule has 0 bridgehead atoms. The van der Waals surface area contributed by atoms with Crippen molar-refractivity contribution in [2.45, 2.75) is 64.6 Å². The van der Waals surface area contributed by atoms with Gasteiger partial charge in [0.1, 0.15) is 18.3 Å². The first kappa shape index (κ1) is 25.3. The number of hydrogen-bond donors (Lipinski definition) is 1. The highest BCUT2D eigenvalue weighted by Gasteiger charge is 2.34. The maximum absolute atomic E-state index is 14.0. The van der Waals surface area contributed by atoms with E-state index in [9.17, 15) is 9.59 Å². The van der Waals surface area contributed by atoms with Gasteiger partial charge in [0.05, 0.1) is 0 Å². The molecule has 1 aliphatic carbocycles. The summed E-state index contributed by atoms with van der Waals surface area (Å²) < 4.78 is 5.58. The van der Waals surface area contributed by atoms with Crippen molar-refractivity contribution in [3.05, 3.63) is 77.8 Å². The van der Waals surface area contributed by atoms with E-state index < -0.39 is 6.04 Å². The van der Waals surface area contributed by atoms with E-state index in [2.05, 4.69) is 32.6 Å². The van der Waals surface area contributed by atoms with Gasteiger partial charge in [-0.1, -0.05) is 31.9 Å². The van der Waals surface area contributed by atoms with Crippen molar-refractivity contribution in [2.24, 2.45) is 0 Å². The smallest absolute Gasteiger partial charge is 0.251 e. The van der Waals surface area contributed by atoms with Crippen LogP contribution in [0.5, 0.6) is 0 Å². The predicted octanol–water partition coefficient (Wildman–Crippen LogP) is 4.03. The molecule has 3 heterocycles. The first-order chi connectivity index (χ1) is 18.5. The number of hydrogen-bond acceptors (Lipinski definition) is 7. The van der Waals surface area contributed by atoms with Crippen LogP contribution in [0.4, 0.5) is 5.69 Å². The third-order valence-corrected chi connectivity index (χ3v) is 6.81. The average molecular weight is 514 g/mol. The van der Waals surface area contributed by atoms with E-state index in [1.807, 2.05) is 37.3 Å². The SMILES string of the molecule is CCc1ccc(N(C(=O)Cn2nnc(-c3ccc(C)o3)n2)[C@H](C(=O)NC2CCCC2)c2ccncc2)cc1. The number of pyridine rings is 1. The molecule has 196 valence electrons. The van der Waals surface area contributed by atoms with Crippen molar-refractivity contribution in [3.63, 3.8) is 0 Å². The molecule has 1 atom stereocenters. The number of anilines is 1. The van der Waals surface area contributed by atoms with Gasteiger partial charge in [-0.3, -0.25) is 19.5 Å². The van der Waals surface area contributed by atoms with E-state index in [0.29, 0.717) is 17.0 Å². The molecule has 1 aromatic carbocycles. The molecule has 5 rings (SSSR count). The van der Waals surface area contributed by atoms with Crippen LogP contribution in [-0.2, 0) is 22.6 Å². The van der Waals surface area contributed by atoms with E-state index in [4.69, 9.17) is 4.42 Å². The molecule has 0 saturated heterocycles. The fourth-order valence-corrected chi connectivity index (χ4v) is 4.80. The summed E-state index contributed by atoms with van der Waals surface area (Å²) in [4.78, 5) is 34.6. The van der Waals surface area contributed by atoms with Crippen LogP contribution in [0.3, 0.4) is 0 Å². The molecule has 0 spiro atoms. The number of aromatic nitrogens is 5. The number of tetrazole rings is 1. The molecule has 38 heavy (non-hydrogen) atoms. The number of amides is 2. The van der Waals surface area contributed by atoms with Gasteiger partial charge in [-0.25, -0.2) is 0 Å². The molecule has 10 heteroatoms. The van der Waals surface area contributed by atoms with Crippen molar-refractivity contribution < 1.29 is 14.0 Å². The van der Waals surface area contributed by atoms with E-state index in [1.54, 1.807) is 30.6 Å². The summed E-state index contributed by atoms with van der Waals surface area (Å²) in [5.74, 6) is 0.905. The number of carbonyl (C=O) groups is 2. The minimum absolute atomic E-state index is 0.0996. The van der Waals surface area contributed by atoms with Crippen molar-refractivity contribution in [1.29, 1.82) is 0 Å². The molecular formula is C28H31N7O3. The topological polar surface area (TPSA) is 119 Å². The summed E-state index contributed by atoms with van der Waals surface area (Å²) in [6.07, 6.45) is 8.16. The number of benzene rings is 1. The number of furan rings is 1. The molecule has 3 aromatic heterocycles. The van der Waals surface area contributed by atoms with Crippen molar-refractivity contribution >= 4 is 17.5 Å². The molecule has 1 fully saturated rings. The van der Waals surface area contributed by atoms with E-state index in [-0.39, 0.29) is 30.2 Å². The Morgan fingerprint density at radius 1 is 1.08 bits per heavy atom. The van der Waals surface area contributed by atoms with Gasteiger partial charge in [-0.15, -0.1) is 10.2 Å². The molecule has 4 aromatic rings. The van der Waals surface area contributed by atoms with Crippen LogP contribution in [0.2, 0.25) is 0 Å². The first-order valence-electron chi connectivity index (χ1n) is 13.0. The summed E-state index contributed by atoms with van der Waals surface area (Å²) in [7, 11) is 0. The average Bonchev–Trinajstić information content (AvgIpc) is 3.71. The van der Waals surface area contributed by atoms with Crippen LogP contribution >= 0.6 is 0 Å². The van der Waals surface area contributed by atoms with Gasteiger partial charge in [0.2, 0.25) is 11.7 Å². The number of carbonyl (C=O) groups excluding carboxylic acids is 2. The van der Waals surface area contributed by atoms with Gasteiger partial charge in [-0.2, -0.15) is 4.80 Å². The fourth-order valence-electron chi connectivity index (χ4n) is 4.80. The van der Waals surface area contributed by atoms with E-state index in [0.717, 1.165) is 43.4 Å². The highest BCUT2D eigenvalue weighted by atomic mass is 16.3. The summed E-state index contributed by atoms with van der Waals surface area (Å²) >= 11 is 0. The molecule has 1 saturated carbocycles. The molecular weight excluding hydrogens is 482 g/mol. The normalized spacial score (nSPS) is 14.4. The Morgan fingerprint density at radius 2 is 1.82 bits per heavy atom. The molecule has 0 unspecified atom stereocenters. The zero-order valence-electron chi connectivity index (χ0n) is 21.6. The summed E-state index contributed by atoms with van der Waals surface area (Å²) in [5, 5.41) is 15.6. The van der Waals surface area contributed by atoms with Gasteiger partial charge < -0.3 is 9.73 Å². The van der Waals surface area contributed by atoms with Crippen LogP contribution in [0.15, 0.2) is 65.3 Å². The third-order valence-electron chi connectivity index (χ3n) is 6.81. The Labute approximate surface area is 221 Å². The number of aryl methyl sites for hydroxylation is 2. The van der Waals surface area contributed by atoms with Crippen molar-refractivity contribution in [1.82, 2.24) is 30.5 Å². The fraction of sp³-hybridized carbons (Fsp3) is 0.357. The van der Waals surface area contributed by atoms with E-state index in [1.165, 1.54) is 9.70 Å². The van der Waals surface area contributed by atoms with Gasteiger partial charge in [0.15, 0.2) is 5.76 Å². The van der Waals surface area contributed by atoms with Crippen LogP contribution in [0.25, 0.3) is 11.6 Å². The van der Waals surface area contributed by atoms with Gasteiger partial charge >= 0.3 is 0 Å². The Balaban J connectivity index is 1.49. The Kier molecular flexibility index (Phi) is 7.57. The molecule has 0 aliphatic heterocycles. The van der Waals surface area contributed by atoms with Crippen LogP contribution < -0.4 is 10.2 Å². The van der Waals surface area contributed by atoms with Crippen LogP contribution in [-0.4, -0.2) is 43.0 Å². The summed E-state index contributed by atoms with van der Waals surface area (Å²) in [6, 6.07) is 14.0. The van der Waals surface area contributed by atoms with Crippen LogP contribution in [0.1, 0.15) is 55.5 Å². The Morgan fingerprint density at radius 3 is 2.47 bits per heavy atom. The number of nitrogens with one attached hydrogen (secondary N) is 1. The minimum atomic E-state index is -0.894. The van der Waals surface area contributed by atoms with Gasteiger partial charge in [0, 0.05) is 24.1 Å². The zero-order chi connectivity index (χ0) is 26.5. The lowest BCUT2D eigenvalue weighted by atomic mass is 10.0. The maximum Gasteiger partial charge on any atom is 0.251 e. The van der Waals surface area contributed by atoms with Crippen molar-refractivity contribution in [2.75, 3.05) is 4.90 Å². The number of nitrogens with zero attached hydrogens (tertiary/aromatic N) is 6. The van der Waals surface area contributed by atoms with Gasteiger partial charge in [0.25, 0.3) is 5.91 Å². The predicted molar refractivity (Wildman–Crippen MR) is 141 cm³/mol. The molecule has 1 aliphatic rings. The van der Waals surface area contributed by atoms with E-state index >= 15 is 0 Å². The lowest BCUT2D eigenvalue weighted by molar-refractivity contribution is -0.127. The quantitative estimate of drug-likeness (QED) is 0.359. The van der Waals surface area contributed by atoms with Crippen LogP contribution in [0, 0.1) is 6.92 Å². The van der Waals surface area contributed by atoms with Crippen molar-refractivity contribution in [3.8, 4) is 11.6 Å². The summed E-state index contributed by atoms with van der Waals surface area (Å²) in [5.41, 5.74) is 2.41. The highest BCUT2D eigenvalue weighted by Crippen LogP contribution is 2.30. The minimum Gasteiger partial charge on any atom is -0.458 e. The van der Waals surface area contributed by atoms with Gasteiger partial charge in [-0.05, 0) is 78.9 Å². The largest absolute Gasteiger partial charge is 0.458 e. The zero-order valence-corrected chi connectivity index (χ0v) is 21.6. The second kappa shape index (κ2) is 11.4. The molecule has 1 N–H and O–H groups in total. The monoisotopic (exact) mass is 513 g/mol. The third kappa shape index (κ3) is 5.64. The highest BCUT2D eigenvalue weighted by molar-refractivity contribution is 6.01. The standard InChI is InChI=1S/C28H31N7O3/c1-3-20-9-11-23(12-10-20)35(25(36)18-34-32-27(31-33-34)24-13-8-19(2)38-24)26(21-14-16-29-17-15-21)28(37)30-22-6-4-5-7-22/h8-17,22,26H,3-7,18H2,1-2H3,(H,30,37)/t26-/m0/s1. The lowest BCUT2D eigenvalue weighted by Crippen LogP contribution is -2.47. The summed E-state index contributed by atoms with van der Waals surface area (Å²) in [6.45, 7) is 3.69. The second-order valence-electron chi connectivity index (χ2n) is 9.51. The molecule has 0 radical (unpaired) electrons. The Bertz CT molecular complexity index is 1370.